The summed E-state index contributed by atoms with van der Waals surface area (Å²) in [6.07, 6.45) is 14.1. The molecular weight excluding hydrogens is 667 g/mol. The average Bonchev–Trinajstić information content (AvgIpc) is 3.94. The van der Waals surface area contributed by atoms with Gasteiger partial charge in [-0.25, -0.2) is 4.98 Å². The van der Waals surface area contributed by atoms with Gasteiger partial charge in [-0.2, -0.15) is 0 Å². The molecule has 5 aliphatic rings. The Morgan fingerprint density at radius 2 is 1.11 bits per heavy atom. The number of nitrogens with zero attached hydrogens (tertiary/aromatic N) is 4. The first-order chi connectivity index (χ1) is 26.2. The fraction of sp³-hybridized carbons (Fsp3) is 0.651. The second-order valence-corrected chi connectivity index (χ2v) is 15.6. The summed E-state index contributed by atoms with van der Waals surface area (Å²) in [5, 5.41) is 0. The van der Waals surface area contributed by atoms with E-state index in [4.69, 9.17) is 23.7 Å². The fourth-order valence-corrected chi connectivity index (χ4v) is 8.74. The molecule has 0 saturated carbocycles. The van der Waals surface area contributed by atoms with E-state index in [-0.39, 0.29) is 10.8 Å². The van der Waals surface area contributed by atoms with Crippen LogP contribution in [0.3, 0.4) is 0 Å². The first-order valence-electron chi connectivity index (χ1n) is 20.6. The molecule has 5 saturated heterocycles. The summed E-state index contributed by atoms with van der Waals surface area (Å²) < 4.78 is 28.7. The number of ether oxygens (including phenoxy) is 5. The lowest BCUT2D eigenvalue weighted by Crippen LogP contribution is -2.48. The van der Waals surface area contributed by atoms with Crippen molar-refractivity contribution in [2.24, 2.45) is 0 Å². The summed E-state index contributed by atoms with van der Waals surface area (Å²) in [7, 11) is 0. The number of imidazole rings is 1. The number of aromatic amines is 1. The molecule has 3 aromatic rings. The third-order valence-corrected chi connectivity index (χ3v) is 12.2. The van der Waals surface area contributed by atoms with Crippen LogP contribution in [0.15, 0.2) is 60.9 Å². The van der Waals surface area contributed by atoms with E-state index in [1.807, 2.05) is 12.4 Å². The van der Waals surface area contributed by atoms with E-state index in [2.05, 4.69) is 73.2 Å². The Morgan fingerprint density at radius 1 is 0.585 bits per heavy atom. The van der Waals surface area contributed by atoms with Gasteiger partial charge in [-0.3, -0.25) is 4.90 Å². The molecule has 53 heavy (non-hydrogen) atoms. The van der Waals surface area contributed by atoms with E-state index >= 15 is 0 Å². The van der Waals surface area contributed by atoms with Crippen molar-refractivity contribution >= 4 is 0 Å². The van der Waals surface area contributed by atoms with Gasteiger partial charge in [0.05, 0.1) is 31.8 Å². The van der Waals surface area contributed by atoms with E-state index in [0.717, 1.165) is 135 Å². The molecule has 6 heterocycles. The zero-order chi connectivity index (χ0) is 36.0. The van der Waals surface area contributed by atoms with Crippen LogP contribution in [0, 0.1) is 0 Å². The average molecular weight is 730 g/mol. The Bertz CT molecular complexity index is 1440. The van der Waals surface area contributed by atoms with Crippen molar-refractivity contribution in [1.82, 2.24) is 24.7 Å². The maximum Gasteiger partial charge on any atom is 0.119 e. The molecule has 0 spiro atoms. The van der Waals surface area contributed by atoms with Gasteiger partial charge in [-0.1, -0.05) is 24.3 Å². The van der Waals surface area contributed by atoms with Crippen LogP contribution < -0.4 is 9.47 Å². The molecule has 5 aliphatic heterocycles. The van der Waals surface area contributed by atoms with Crippen molar-refractivity contribution in [1.29, 1.82) is 0 Å². The molecule has 0 unspecified atom stereocenters. The van der Waals surface area contributed by atoms with Crippen molar-refractivity contribution in [3.05, 3.63) is 77.9 Å². The monoisotopic (exact) mass is 729 g/mol. The second kappa shape index (κ2) is 19.6. The quantitative estimate of drug-likeness (QED) is 0.192. The molecule has 0 aliphatic carbocycles. The molecule has 0 atom stereocenters. The fourth-order valence-electron chi connectivity index (χ4n) is 8.74. The third kappa shape index (κ3) is 10.4. The van der Waals surface area contributed by atoms with E-state index in [1.165, 1.54) is 63.1 Å². The topological polar surface area (TPSA) is 84.5 Å². The number of H-pyrrole nitrogens is 1. The number of benzene rings is 2. The highest BCUT2D eigenvalue weighted by Gasteiger charge is 2.39. The molecule has 0 bridgehead atoms. The van der Waals surface area contributed by atoms with Gasteiger partial charge in [0.15, 0.2) is 0 Å². The van der Waals surface area contributed by atoms with Gasteiger partial charge < -0.3 is 38.5 Å². The Balaban J connectivity index is 0.000000164. The lowest BCUT2D eigenvalue weighted by Gasteiger charge is -2.42. The Kier molecular flexibility index (Phi) is 14.1. The van der Waals surface area contributed by atoms with Gasteiger partial charge in [0.25, 0.3) is 0 Å². The highest BCUT2D eigenvalue weighted by atomic mass is 16.5. The number of hydrogen-bond donors (Lipinski definition) is 1. The predicted molar refractivity (Wildman–Crippen MR) is 208 cm³/mol. The predicted octanol–water partition coefficient (Wildman–Crippen LogP) is 5.91. The van der Waals surface area contributed by atoms with Crippen LogP contribution in [0.2, 0.25) is 0 Å². The third-order valence-electron chi connectivity index (χ3n) is 12.2. The molecule has 8 rings (SSSR count). The number of nitrogens with one attached hydrogen (secondary N) is 1. The van der Waals surface area contributed by atoms with Gasteiger partial charge in [0.2, 0.25) is 0 Å². The Labute approximate surface area is 317 Å². The van der Waals surface area contributed by atoms with Gasteiger partial charge >= 0.3 is 0 Å². The lowest BCUT2D eigenvalue weighted by molar-refractivity contribution is -0.00119. The lowest BCUT2D eigenvalue weighted by atomic mass is 9.73. The van der Waals surface area contributed by atoms with E-state index < -0.39 is 0 Å². The van der Waals surface area contributed by atoms with E-state index in [1.54, 1.807) is 0 Å². The minimum atomic E-state index is -0.0734. The van der Waals surface area contributed by atoms with E-state index in [0.29, 0.717) is 0 Å². The Hall–Kier alpha value is -2.99. The second-order valence-electron chi connectivity index (χ2n) is 15.6. The summed E-state index contributed by atoms with van der Waals surface area (Å²) in [6.45, 7) is 17.1. The van der Waals surface area contributed by atoms with Crippen molar-refractivity contribution in [3.63, 3.8) is 0 Å². The molecule has 2 aromatic carbocycles. The summed E-state index contributed by atoms with van der Waals surface area (Å²) in [5.74, 6) is 2.99. The normalized spacial score (nSPS) is 22.0. The van der Waals surface area contributed by atoms with Crippen LogP contribution in [-0.2, 0) is 25.0 Å². The number of hydrogen-bond acceptors (Lipinski definition) is 9. The Morgan fingerprint density at radius 3 is 1.64 bits per heavy atom. The smallest absolute Gasteiger partial charge is 0.119 e. The van der Waals surface area contributed by atoms with Crippen LogP contribution in [0.5, 0.6) is 11.5 Å². The van der Waals surface area contributed by atoms with Gasteiger partial charge in [0.1, 0.15) is 17.3 Å². The molecule has 10 nitrogen and oxygen atoms in total. The minimum Gasteiger partial charge on any atom is -0.494 e. The molecule has 290 valence electrons. The molecule has 0 amide bonds. The summed E-state index contributed by atoms with van der Waals surface area (Å²) >= 11 is 0. The van der Waals surface area contributed by atoms with Crippen LogP contribution >= 0.6 is 0 Å². The number of rotatable bonds is 15. The highest BCUT2D eigenvalue weighted by Crippen LogP contribution is 2.40. The maximum atomic E-state index is 5.97. The van der Waals surface area contributed by atoms with Crippen LogP contribution in [0.25, 0.3) is 0 Å². The molecule has 0 radical (unpaired) electrons. The SMILES string of the molecule is c1c[nH]c(C2(c3ccc(OCCCN4CCCC4)cc3)CCOCC2)n1.c1cc(C2(CN3CCOCC3)CCOCC2)ccc1OCCCN1CCC1. The highest BCUT2D eigenvalue weighted by molar-refractivity contribution is 5.38. The van der Waals surface area contributed by atoms with Gasteiger partial charge in [0, 0.05) is 77.0 Å². The summed E-state index contributed by atoms with van der Waals surface area (Å²) in [6, 6.07) is 17.5. The molecular formula is C43H63N5O5. The number of likely N-dealkylation sites (tertiary alicyclic amines) is 2. The van der Waals surface area contributed by atoms with Crippen LogP contribution in [-0.4, -0.2) is 136 Å². The number of aromatic nitrogens is 2. The standard InChI is InChI=1S/C22H34N2O3.C21H29N3O2/c1-9-23(10-1)11-2-14-27-21-5-3-20(4-6-21)22(7-15-25-16-8-22)19-24-12-17-26-18-13-24;1-2-13-24(12-1)14-3-15-26-19-6-4-18(5-7-19)21(8-16-25-17-9-21)20-22-10-11-23-20/h3-6H,1-2,7-19H2;4-7,10-11H,1-3,8-9,12-17H2,(H,22,23). The first-order valence-corrected chi connectivity index (χ1v) is 20.6. The van der Waals surface area contributed by atoms with Gasteiger partial charge in [-0.05, 0) is 119 Å². The zero-order valence-electron chi connectivity index (χ0n) is 32.0. The van der Waals surface area contributed by atoms with Crippen LogP contribution in [0.4, 0.5) is 0 Å². The first kappa shape index (κ1) is 38.3. The largest absolute Gasteiger partial charge is 0.494 e. The van der Waals surface area contributed by atoms with Crippen molar-refractivity contribution in [2.75, 3.05) is 112 Å². The molecule has 5 fully saturated rings. The molecule has 1 N–H and O–H groups in total. The minimum absolute atomic E-state index is 0.0734. The van der Waals surface area contributed by atoms with Crippen molar-refractivity contribution in [3.8, 4) is 11.5 Å². The molecule has 1 aromatic heterocycles. The molecule has 10 heteroatoms. The van der Waals surface area contributed by atoms with Crippen molar-refractivity contribution in [2.45, 2.75) is 68.6 Å². The van der Waals surface area contributed by atoms with Crippen LogP contribution in [0.1, 0.15) is 74.7 Å². The van der Waals surface area contributed by atoms with Gasteiger partial charge in [-0.15, -0.1) is 0 Å². The van der Waals surface area contributed by atoms with E-state index in [9.17, 15) is 0 Å². The number of morpholine rings is 1. The maximum absolute atomic E-state index is 5.97. The van der Waals surface area contributed by atoms with Crippen molar-refractivity contribution < 1.29 is 23.7 Å². The summed E-state index contributed by atoms with van der Waals surface area (Å²) in [5.41, 5.74) is 2.85. The zero-order valence-corrected chi connectivity index (χ0v) is 32.0. The summed E-state index contributed by atoms with van der Waals surface area (Å²) in [4.78, 5) is 15.5.